The lowest BCUT2D eigenvalue weighted by atomic mass is 9.60. The fraction of sp³-hybridized carbons (Fsp3) is 0.357. The number of rotatable bonds is 2. The van der Waals surface area contributed by atoms with E-state index in [4.69, 9.17) is 9.57 Å². The van der Waals surface area contributed by atoms with Crippen molar-refractivity contribution in [3.05, 3.63) is 87.7 Å². The number of para-hydroxylation sites is 1. The third-order valence-electron chi connectivity index (χ3n) is 8.17. The van der Waals surface area contributed by atoms with Gasteiger partial charge in [0, 0.05) is 23.3 Å². The van der Waals surface area contributed by atoms with Gasteiger partial charge in [0.25, 0.3) is 0 Å². The normalized spacial score (nSPS) is 33.8. The number of halogens is 2. The van der Waals surface area contributed by atoms with Crippen molar-refractivity contribution in [3.8, 4) is 0 Å². The Bertz CT molecular complexity index is 1310. The summed E-state index contributed by atoms with van der Waals surface area (Å²) >= 11 is 3.30. The largest absolute Gasteiger partial charge is 0.455 e. The summed E-state index contributed by atoms with van der Waals surface area (Å²) in [5, 5.41) is 1.77. The lowest BCUT2D eigenvalue weighted by Crippen LogP contribution is -2.47. The molecule has 1 saturated carbocycles. The molecule has 2 aliphatic carbocycles. The summed E-state index contributed by atoms with van der Waals surface area (Å²) in [4.78, 5) is 32.8. The van der Waals surface area contributed by atoms with Gasteiger partial charge in [-0.1, -0.05) is 37.3 Å². The second-order valence-corrected chi connectivity index (χ2v) is 11.0. The van der Waals surface area contributed by atoms with Gasteiger partial charge in [0.05, 0.1) is 16.2 Å². The van der Waals surface area contributed by atoms with Crippen LogP contribution in [0.3, 0.4) is 0 Å². The minimum absolute atomic E-state index is 0.0394. The van der Waals surface area contributed by atoms with Crippen LogP contribution in [0.5, 0.6) is 0 Å². The average molecular weight is 538 g/mol. The van der Waals surface area contributed by atoms with Crippen molar-refractivity contribution in [1.82, 2.24) is 0 Å². The summed E-state index contributed by atoms with van der Waals surface area (Å²) in [6.45, 7) is 3.93. The van der Waals surface area contributed by atoms with E-state index < -0.39 is 17.7 Å². The van der Waals surface area contributed by atoms with E-state index in [1.165, 1.54) is 6.07 Å². The Morgan fingerprint density at radius 3 is 2.66 bits per heavy atom. The summed E-state index contributed by atoms with van der Waals surface area (Å²) in [6, 6.07) is 14.2. The molecule has 1 spiro atoms. The molecule has 35 heavy (non-hydrogen) atoms. The highest BCUT2D eigenvalue weighted by molar-refractivity contribution is 9.10. The number of carbonyl (C=O) groups is 2. The highest BCUT2D eigenvalue weighted by Crippen LogP contribution is 2.59. The quantitative estimate of drug-likeness (QED) is 0.439. The number of anilines is 1. The van der Waals surface area contributed by atoms with Gasteiger partial charge in [-0.25, -0.2) is 14.2 Å². The fourth-order valence-electron chi connectivity index (χ4n) is 6.35. The molecule has 2 aromatic rings. The monoisotopic (exact) mass is 537 g/mol. The third kappa shape index (κ3) is 3.28. The SMILES string of the molecule is CC1=C2[C@H]3OC(=O)[C@]4(C[C@@H](c5ccc(F)c(Br)c5)N(c5ccccc5)O4)[C@@H]3CC[C@@]2(C)C=CC1=O. The first-order valence-corrected chi connectivity index (χ1v) is 12.7. The van der Waals surface area contributed by atoms with Crippen molar-refractivity contribution < 1.29 is 23.6 Å². The zero-order valence-electron chi connectivity index (χ0n) is 19.5. The number of ether oxygens (including phenoxy) is 1. The number of hydrogen-bond acceptors (Lipinski definition) is 5. The van der Waals surface area contributed by atoms with E-state index in [0.717, 1.165) is 29.7 Å². The molecule has 7 heteroatoms. The van der Waals surface area contributed by atoms with Crippen LogP contribution in [-0.2, 0) is 19.2 Å². The van der Waals surface area contributed by atoms with E-state index in [-0.39, 0.29) is 29.0 Å². The Kier molecular flexibility index (Phi) is 5.10. The third-order valence-corrected chi connectivity index (χ3v) is 8.78. The predicted molar refractivity (Wildman–Crippen MR) is 132 cm³/mol. The second-order valence-electron chi connectivity index (χ2n) is 10.2. The van der Waals surface area contributed by atoms with Crippen molar-refractivity contribution in [2.45, 2.75) is 50.9 Å². The molecule has 2 aliphatic heterocycles. The maximum absolute atomic E-state index is 14.0. The Labute approximate surface area is 211 Å². The van der Waals surface area contributed by atoms with Crippen molar-refractivity contribution in [2.24, 2.45) is 11.3 Å². The Morgan fingerprint density at radius 2 is 1.91 bits per heavy atom. The Morgan fingerprint density at radius 1 is 1.14 bits per heavy atom. The molecule has 4 aliphatic rings. The van der Waals surface area contributed by atoms with Crippen LogP contribution in [0.1, 0.15) is 44.7 Å². The second kappa shape index (κ2) is 7.87. The van der Waals surface area contributed by atoms with Crippen molar-refractivity contribution in [2.75, 3.05) is 5.06 Å². The molecule has 2 saturated heterocycles. The van der Waals surface area contributed by atoms with Crippen LogP contribution in [0.15, 0.2) is 76.3 Å². The lowest BCUT2D eigenvalue weighted by Gasteiger charge is -2.44. The molecule has 2 aromatic carbocycles. The van der Waals surface area contributed by atoms with Crippen LogP contribution < -0.4 is 5.06 Å². The fourth-order valence-corrected chi connectivity index (χ4v) is 6.75. The first-order valence-electron chi connectivity index (χ1n) is 11.9. The van der Waals surface area contributed by atoms with Gasteiger partial charge in [-0.3, -0.25) is 9.63 Å². The lowest BCUT2D eigenvalue weighted by molar-refractivity contribution is -0.157. The number of nitrogens with zero attached hydrogens (tertiary/aromatic N) is 1. The molecular weight excluding hydrogens is 513 g/mol. The van der Waals surface area contributed by atoms with E-state index in [1.807, 2.05) is 43.3 Å². The van der Waals surface area contributed by atoms with Crippen LogP contribution >= 0.6 is 15.9 Å². The van der Waals surface area contributed by atoms with Gasteiger partial charge in [-0.15, -0.1) is 0 Å². The summed E-state index contributed by atoms with van der Waals surface area (Å²) in [5.74, 6) is -1.02. The summed E-state index contributed by atoms with van der Waals surface area (Å²) < 4.78 is 20.5. The van der Waals surface area contributed by atoms with Crippen molar-refractivity contribution in [1.29, 1.82) is 0 Å². The molecular formula is C28H25BrFNO4. The summed E-state index contributed by atoms with van der Waals surface area (Å²) in [5.41, 5.74) is 1.69. The summed E-state index contributed by atoms with van der Waals surface area (Å²) in [6.07, 6.45) is 4.97. The van der Waals surface area contributed by atoms with Gasteiger partial charge in [-0.05, 0) is 77.2 Å². The number of allylic oxidation sites excluding steroid dienone is 3. The maximum atomic E-state index is 14.0. The number of esters is 1. The molecule has 6 rings (SSSR count). The minimum Gasteiger partial charge on any atom is -0.455 e. The zero-order chi connectivity index (χ0) is 24.5. The van der Waals surface area contributed by atoms with Crippen LogP contribution in [0.2, 0.25) is 0 Å². The smallest absolute Gasteiger partial charge is 0.342 e. The Balaban J connectivity index is 1.44. The van der Waals surface area contributed by atoms with Crippen LogP contribution in [0.25, 0.3) is 0 Å². The van der Waals surface area contributed by atoms with Gasteiger partial charge < -0.3 is 4.74 Å². The van der Waals surface area contributed by atoms with Gasteiger partial charge in [-0.2, -0.15) is 0 Å². The number of hydrogen-bond donors (Lipinski definition) is 0. The molecule has 5 atom stereocenters. The minimum atomic E-state index is -1.19. The van der Waals surface area contributed by atoms with Crippen molar-refractivity contribution in [3.63, 3.8) is 0 Å². The molecule has 0 N–H and O–H groups in total. The number of fused-ring (bicyclic) bond motifs is 4. The average Bonchev–Trinajstić information content (AvgIpc) is 3.37. The number of carbonyl (C=O) groups excluding carboxylic acids is 2. The number of benzene rings is 2. The van der Waals surface area contributed by atoms with Gasteiger partial charge in [0.2, 0.25) is 5.60 Å². The van der Waals surface area contributed by atoms with Gasteiger partial charge >= 0.3 is 5.97 Å². The highest BCUT2D eigenvalue weighted by atomic mass is 79.9. The van der Waals surface area contributed by atoms with E-state index in [2.05, 4.69) is 22.9 Å². The van der Waals surface area contributed by atoms with E-state index >= 15 is 0 Å². The topological polar surface area (TPSA) is 55.8 Å². The molecule has 5 nitrogen and oxygen atoms in total. The van der Waals surface area contributed by atoms with E-state index in [0.29, 0.717) is 16.5 Å². The summed E-state index contributed by atoms with van der Waals surface area (Å²) in [7, 11) is 0. The van der Waals surface area contributed by atoms with Crippen molar-refractivity contribution >= 4 is 33.4 Å². The standard InChI is InChI=1S/C28H25BrFNO4/c1-16-23(32)11-13-27(2)12-10-19-25(24(16)27)34-26(33)28(19)15-22(17-8-9-21(30)20(29)14-17)31(35-28)18-6-4-3-5-7-18/h3-9,11,13-14,19,22,25H,10,12,15H2,1-2H3/t19-,22+,25+,27+,28+/m1/s1. The first kappa shape index (κ1) is 22.7. The number of ketones is 1. The zero-order valence-corrected chi connectivity index (χ0v) is 21.0. The highest BCUT2D eigenvalue weighted by Gasteiger charge is 2.68. The molecule has 0 bridgehead atoms. The predicted octanol–water partition coefficient (Wildman–Crippen LogP) is 6.01. The Hall–Kier alpha value is -2.77. The molecule has 0 radical (unpaired) electrons. The first-order chi connectivity index (χ1) is 16.7. The molecule has 3 fully saturated rings. The molecule has 0 amide bonds. The number of hydroxylamine groups is 1. The van der Waals surface area contributed by atoms with Gasteiger partial charge in [0.1, 0.15) is 11.9 Å². The van der Waals surface area contributed by atoms with E-state index in [9.17, 15) is 14.0 Å². The molecule has 180 valence electrons. The molecule has 0 unspecified atom stereocenters. The maximum Gasteiger partial charge on any atom is 0.342 e. The van der Waals surface area contributed by atoms with E-state index in [1.54, 1.807) is 23.3 Å². The van der Waals surface area contributed by atoms with Crippen LogP contribution in [0.4, 0.5) is 10.1 Å². The van der Waals surface area contributed by atoms with Gasteiger partial charge in [0.15, 0.2) is 5.78 Å². The van der Waals surface area contributed by atoms with Crippen LogP contribution in [0, 0.1) is 17.2 Å². The molecule has 0 aromatic heterocycles. The van der Waals surface area contributed by atoms with Crippen LogP contribution in [-0.4, -0.2) is 23.5 Å². The molecule has 2 heterocycles.